The van der Waals surface area contributed by atoms with Crippen LogP contribution in [0.25, 0.3) is 0 Å². The quantitative estimate of drug-likeness (QED) is 0.353. The van der Waals surface area contributed by atoms with Crippen LogP contribution in [0.5, 0.6) is 11.5 Å². The highest BCUT2D eigenvalue weighted by Gasteiger charge is 2.28. The van der Waals surface area contributed by atoms with E-state index in [0.717, 1.165) is 12.8 Å². The Morgan fingerprint density at radius 2 is 1.66 bits per heavy atom. The fourth-order valence-corrected chi connectivity index (χ4v) is 3.73. The van der Waals surface area contributed by atoms with Gasteiger partial charge in [-0.2, -0.15) is 0 Å². The summed E-state index contributed by atoms with van der Waals surface area (Å²) >= 11 is 0. The fourth-order valence-electron chi connectivity index (χ4n) is 3.73. The number of likely N-dealkylation sites (tertiary alicyclic amines) is 1. The minimum absolute atomic E-state index is 0.00292. The number of amides is 2. The van der Waals surface area contributed by atoms with Crippen LogP contribution in [0.1, 0.15) is 39.2 Å². The second-order valence-electron chi connectivity index (χ2n) is 9.38. The molecule has 6 N–H and O–H groups in total. The number of primary amides is 1. The molecule has 1 aliphatic heterocycles. The normalized spacial score (nSPS) is 16.7. The molecule has 0 saturated carbocycles. The van der Waals surface area contributed by atoms with Gasteiger partial charge in [-0.05, 0) is 70.0 Å². The van der Waals surface area contributed by atoms with Crippen molar-refractivity contribution in [2.75, 3.05) is 13.1 Å². The average molecular weight is 480 g/mol. The van der Waals surface area contributed by atoms with Crippen molar-refractivity contribution < 1.29 is 19.1 Å². The minimum Gasteiger partial charge on any atom is -0.457 e. The first-order valence-electron chi connectivity index (χ1n) is 11.5. The maximum absolute atomic E-state index is 12.4. The van der Waals surface area contributed by atoms with E-state index in [4.69, 9.17) is 26.4 Å². The third-order valence-corrected chi connectivity index (χ3v) is 5.32. The van der Waals surface area contributed by atoms with E-state index >= 15 is 0 Å². The van der Waals surface area contributed by atoms with Crippen molar-refractivity contribution in [1.82, 2.24) is 10.2 Å². The van der Waals surface area contributed by atoms with Gasteiger partial charge in [0.1, 0.15) is 28.5 Å². The minimum atomic E-state index is -0.815. The number of ether oxygens (including phenoxy) is 2. The lowest BCUT2D eigenvalue weighted by atomic mass is 10.0. The van der Waals surface area contributed by atoms with Crippen LogP contribution in [0.3, 0.4) is 0 Å². The van der Waals surface area contributed by atoms with Gasteiger partial charge in [0.05, 0.1) is 5.71 Å². The lowest BCUT2D eigenvalue weighted by molar-refractivity contribution is -0.114. The lowest BCUT2D eigenvalue weighted by Crippen LogP contribution is -2.50. The Morgan fingerprint density at radius 3 is 2.26 bits per heavy atom. The topological polar surface area (TPSA) is 144 Å². The molecule has 1 atom stereocenters. The first-order chi connectivity index (χ1) is 16.5. The highest BCUT2D eigenvalue weighted by atomic mass is 16.6. The fraction of sp³-hybridized carbons (Fsp3) is 0.346. The van der Waals surface area contributed by atoms with Crippen LogP contribution in [0, 0.1) is 5.41 Å². The van der Waals surface area contributed by atoms with Crippen LogP contribution in [-0.4, -0.2) is 47.3 Å². The summed E-state index contributed by atoms with van der Waals surface area (Å²) in [5.41, 5.74) is 11.5. The van der Waals surface area contributed by atoms with E-state index in [0.29, 0.717) is 30.2 Å². The number of rotatable bonds is 7. The molecule has 9 heteroatoms. The van der Waals surface area contributed by atoms with Crippen molar-refractivity contribution in [2.45, 2.75) is 45.3 Å². The molecule has 0 spiro atoms. The number of nitrogens with one attached hydrogen (secondary N) is 2. The molecule has 186 valence electrons. The van der Waals surface area contributed by atoms with Crippen molar-refractivity contribution in [3.8, 4) is 11.5 Å². The SMILES string of the molecule is CC(C)(C)OC(=O)N1CCCC(N/C(N)=C(\C(=N)c2ccc(Oc3ccccc3)cc2)C(N)=O)C1. The Labute approximate surface area is 205 Å². The molecule has 0 aliphatic carbocycles. The molecule has 2 amide bonds. The van der Waals surface area contributed by atoms with Crippen molar-refractivity contribution >= 4 is 17.7 Å². The van der Waals surface area contributed by atoms with E-state index in [1.807, 2.05) is 51.1 Å². The van der Waals surface area contributed by atoms with E-state index in [9.17, 15) is 9.59 Å². The first kappa shape index (κ1) is 25.6. The number of hydrogen-bond acceptors (Lipinski definition) is 7. The molecule has 0 radical (unpaired) electrons. The monoisotopic (exact) mass is 479 g/mol. The number of nitrogens with two attached hydrogens (primary N) is 2. The van der Waals surface area contributed by atoms with Crippen molar-refractivity contribution in [3.05, 3.63) is 71.6 Å². The Kier molecular flexibility index (Phi) is 8.01. The summed E-state index contributed by atoms with van der Waals surface area (Å²) in [5.74, 6) is 0.467. The average Bonchev–Trinajstić information content (AvgIpc) is 2.79. The molecule has 1 aliphatic rings. The standard InChI is InChI=1S/C26H33N5O4/c1-26(2,3)35-25(33)31-15-7-8-18(16-31)30-23(28)21(24(29)32)22(27)17-11-13-20(14-12-17)34-19-9-5-4-6-10-19/h4-6,9-14,18,27,30H,7-8,15-16,28H2,1-3H3,(H2,29,32)/b23-21+,27-22?. The van der Waals surface area contributed by atoms with Gasteiger partial charge in [0.15, 0.2) is 0 Å². The lowest BCUT2D eigenvalue weighted by Gasteiger charge is -2.35. The summed E-state index contributed by atoms with van der Waals surface area (Å²) in [6, 6.07) is 15.9. The summed E-state index contributed by atoms with van der Waals surface area (Å²) < 4.78 is 11.2. The molecular weight excluding hydrogens is 446 g/mol. The maximum atomic E-state index is 12.4. The largest absolute Gasteiger partial charge is 0.457 e. The summed E-state index contributed by atoms with van der Waals surface area (Å²) in [7, 11) is 0. The highest BCUT2D eigenvalue weighted by Crippen LogP contribution is 2.22. The number of nitrogens with zero attached hydrogens (tertiary/aromatic N) is 1. The zero-order valence-corrected chi connectivity index (χ0v) is 20.3. The molecular formula is C26H33N5O4. The van der Waals surface area contributed by atoms with Crippen LogP contribution < -0.4 is 21.5 Å². The Hall–Kier alpha value is -4.01. The molecule has 35 heavy (non-hydrogen) atoms. The second-order valence-corrected chi connectivity index (χ2v) is 9.38. The Bertz CT molecular complexity index is 1090. The smallest absolute Gasteiger partial charge is 0.410 e. The molecule has 1 unspecified atom stereocenters. The Balaban J connectivity index is 1.71. The van der Waals surface area contributed by atoms with E-state index in [1.54, 1.807) is 29.2 Å². The number of para-hydroxylation sites is 1. The summed E-state index contributed by atoms with van der Waals surface area (Å²) in [6.45, 7) is 6.39. The van der Waals surface area contributed by atoms with Crippen molar-refractivity contribution in [2.24, 2.45) is 11.5 Å². The van der Waals surface area contributed by atoms with Crippen LogP contribution >= 0.6 is 0 Å². The summed E-state index contributed by atoms with van der Waals surface area (Å²) in [5, 5.41) is 11.6. The van der Waals surface area contributed by atoms with Gasteiger partial charge in [0.25, 0.3) is 5.91 Å². The zero-order valence-electron chi connectivity index (χ0n) is 20.3. The van der Waals surface area contributed by atoms with Gasteiger partial charge in [-0.3, -0.25) is 10.2 Å². The number of benzene rings is 2. The number of hydrogen-bond donors (Lipinski definition) is 4. The zero-order chi connectivity index (χ0) is 25.6. The van der Waals surface area contributed by atoms with E-state index < -0.39 is 17.6 Å². The van der Waals surface area contributed by atoms with Gasteiger partial charge in [-0.15, -0.1) is 0 Å². The summed E-state index contributed by atoms with van der Waals surface area (Å²) in [4.78, 5) is 26.3. The van der Waals surface area contributed by atoms with Gasteiger partial charge < -0.3 is 31.2 Å². The third-order valence-electron chi connectivity index (χ3n) is 5.32. The number of carbonyl (C=O) groups excluding carboxylic acids is 2. The Morgan fingerprint density at radius 1 is 1.03 bits per heavy atom. The van der Waals surface area contributed by atoms with Gasteiger partial charge in [-0.1, -0.05) is 18.2 Å². The van der Waals surface area contributed by atoms with E-state index in [-0.39, 0.29) is 23.1 Å². The van der Waals surface area contributed by atoms with Crippen LogP contribution in [0.2, 0.25) is 0 Å². The van der Waals surface area contributed by atoms with Crippen LogP contribution in [-0.2, 0) is 9.53 Å². The van der Waals surface area contributed by atoms with Crippen LogP contribution in [0.15, 0.2) is 66.0 Å². The predicted octanol–water partition coefficient (Wildman–Crippen LogP) is 3.49. The molecule has 0 aromatic heterocycles. The molecule has 1 saturated heterocycles. The molecule has 9 nitrogen and oxygen atoms in total. The molecule has 2 aromatic carbocycles. The maximum Gasteiger partial charge on any atom is 0.410 e. The van der Waals surface area contributed by atoms with Crippen molar-refractivity contribution in [1.29, 1.82) is 5.41 Å². The van der Waals surface area contributed by atoms with Crippen LogP contribution in [0.4, 0.5) is 4.79 Å². The molecule has 1 fully saturated rings. The first-order valence-corrected chi connectivity index (χ1v) is 11.5. The predicted molar refractivity (Wildman–Crippen MR) is 134 cm³/mol. The van der Waals surface area contributed by atoms with Gasteiger partial charge in [0.2, 0.25) is 0 Å². The molecule has 0 bridgehead atoms. The molecule has 1 heterocycles. The van der Waals surface area contributed by atoms with Gasteiger partial charge in [-0.25, -0.2) is 4.79 Å². The van der Waals surface area contributed by atoms with E-state index in [2.05, 4.69) is 5.32 Å². The summed E-state index contributed by atoms with van der Waals surface area (Å²) in [6.07, 6.45) is 1.09. The van der Waals surface area contributed by atoms with Gasteiger partial charge in [0, 0.05) is 24.7 Å². The molecule has 2 aromatic rings. The van der Waals surface area contributed by atoms with E-state index in [1.165, 1.54) is 0 Å². The second kappa shape index (κ2) is 10.9. The number of carbonyl (C=O) groups is 2. The highest BCUT2D eigenvalue weighted by molar-refractivity contribution is 6.26. The molecule has 3 rings (SSSR count). The third kappa shape index (κ3) is 7.23. The van der Waals surface area contributed by atoms with Gasteiger partial charge >= 0.3 is 6.09 Å². The van der Waals surface area contributed by atoms with Crippen molar-refractivity contribution in [3.63, 3.8) is 0 Å². The number of piperidine rings is 1.